The largest absolute Gasteiger partial charge is 0.338 e. The lowest BCUT2D eigenvalue weighted by Crippen LogP contribution is -2.21. The van der Waals surface area contributed by atoms with Gasteiger partial charge < -0.3 is 9.88 Å². The molecular formula is C12H17N3S. The van der Waals surface area contributed by atoms with E-state index in [2.05, 4.69) is 38.6 Å². The normalized spacial score (nSPS) is 12.9. The van der Waals surface area contributed by atoms with Crippen molar-refractivity contribution >= 4 is 11.3 Å². The van der Waals surface area contributed by atoms with Crippen molar-refractivity contribution in [3.63, 3.8) is 0 Å². The lowest BCUT2D eigenvalue weighted by molar-refractivity contribution is 0.570. The van der Waals surface area contributed by atoms with E-state index in [0.29, 0.717) is 6.04 Å². The van der Waals surface area contributed by atoms with E-state index in [4.69, 9.17) is 0 Å². The number of hydrogen-bond acceptors (Lipinski definition) is 3. The maximum Gasteiger partial charge on any atom is 0.0945 e. The molecule has 0 radical (unpaired) electrons. The number of rotatable bonds is 5. The molecule has 0 aromatic carbocycles. The zero-order valence-corrected chi connectivity index (χ0v) is 10.5. The average Bonchev–Trinajstić information content (AvgIpc) is 2.90. The number of nitrogens with zero attached hydrogens (tertiary/aromatic N) is 2. The second-order valence-corrected chi connectivity index (χ2v) is 4.76. The van der Waals surface area contributed by atoms with Crippen molar-refractivity contribution in [1.29, 1.82) is 0 Å². The second kappa shape index (κ2) is 5.27. The summed E-state index contributed by atoms with van der Waals surface area (Å²) >= 11 is 1.75. The molecule has 0 unspecified atom stereocenters. The van der Waals surface area contributed by atoms with E-state index < -0.39 is 0 Å². The van der Waals surface area contributed by atoms with Crippen LogP contribution in [0.1, 0.15) is 24.2 Å². The minimum absolute atomic E-state index is 0.430. The predicted octanol–water partition coefficient (Wildman–Crippen LogP) is 2.37. The third-order valence-electron chi connectivity index (χ3n) is 2.79. The van der Waals surface area contributed by atoms with Gasteiger partial charge in [0.2, 0.25) is 0 Å². The molecular weight excluding hydrogens is 218 g/mol. The first-order valence-corrected chi connectivity index (χ1v) is 6.42. The van der Waals surface area contributed by atoms with Crippen LogP contribution >= 0.6 is 11.3 Å². The van der Waals surface area contributed by atoms with Crippen LogP contribution in [-0.4, -0.2) is 16.1 Å². The Labute approximate surface area is 100 Å². The Morgan fingerprint density at radius 2 is 2.44 bits per heavy atom. The fraction of sp³-hybridized carbons (Fsp3) is 0.417. The fourth-order valence-corrected chi connectivity index (χ4v) is 2.44. The minimum atomic E-state index is 0.430. The molecule has 0 saturated heterocycles. The third kappa shape index (κ3) is 2.71. The Morgan fingerprint density at radius 1 is 1.56 bits per heavy atom. The Balaban J connectivity index is 1.78. The molecule has 0 amide bonds. The Kier molecular flexibility index (Phi) is 3.74. The summed E-state index contributed by atoms with van der Waals surface area (Å²) in [5.74, 6) is 0. The van der Waals surface area contributed by atoms with E-state index in [1.165, 1.54) is 11.3 Å². The van der Waals surface area contributed by atoms with Gasteiger partial charge in [-0.25, -0.2) is 4.98 Å². The molecule has 4 heteroatoms. The summed E-state index contributed by atoms with van der Waals surface area (Å²) in [4.78, 5) is 4.11. The molecule has 0 aliphatic carbocycles. The van der Waals surface area contributed by atoms with E-state index in [1.807, 2.05) is 19.6 Å². The molecule has 2 heterocycles. The molecule has 2 aromatic rings. The summed E-state index contributed by atoms with van der Waals surface area (Å²) < 4.78 is 2.07. The van der Waals surface area contributed by atoms with Crippen LogP contribution in [0.2, 0.25) is 0 Å². The van der Waals surface area contributed by atoms with Crippen LogP contribution in [0, 0.1) is 0 Å². The molecule has 16 heavy (non-hydrogen) atoms. The highest BCUT2D eigenvalue weighted by atomic mass is 32.1. The zero-order chi connectivity index (χ0) is 11.4. The summed E-state index contributed by atoms with van der Waals surface area (Å²) in [6, 6.07) is 2.60. The van der Waals surface area contributed by atoms with Crippen molar-refractivity contribution in [2.45, 2.75) is 19.4 Å². The van der Waals surface area contributed by atoms with E-state index in [-0.39, 0.29) is 0 Å². The monoisotopic (exact) mass is 235 g/mol. The molecule has 0 spiro atoms. The first-order chi connectivity index (χ1) is 7.77. The summed E-state index contributed by atoms with van der Waals surface area (Å²) in [6.07, 6.45) is 4.79. The first kappa shape index (κ1) is 11.4. The van der Waals surface area contributed by atoms with Crippen molar-refractivity contribution in [3.8, 4) is 0 Å². The highest BCUT2D eigenvalue weighted by molar-refractivity contribution is 7.07. The Morgan fingerprint density at radius 3 is 3.06 bits per heavy atom. The van der Waals surface area contributed by atoms with E-state index in [0.717, 1.165) is 13.0 Å². The highest BCUT2D eigenvalue weighted by Gasteiger charge is 2.05. The molecule has 1 atom stereocenters. The summed E-state index contributed by atoms with van der Waals surface area (Å²) in [5, 5.41) is 7.83. The van der Waals surface area contributed by atoms with Gasteiger partial charge >= 0.3 is 0 Å². The van der Waals surface area contributed by atoms with E-state index in [1.54, 1.807) is 11.3 Å². The van der Waals surface area contributed by atoms with Crippen molar-refractivity contribution in [2.24, 2.45) is 7.05 Å². The standard InChI is InChI=1S/C12H17N3S/c1-10(11-4-6-16-8-11)14-5-3-12-7-13-9-15(12)2/h4,6-10,14H,3,5H2,1-2H3/t10-/m0/s1. The van der Waals surface area contributed by atoms with Crippen molar-refractivity contribution in [1.82, 2.24) is 14.9 Å². The SMILES string of the molecule is C[C@H](NCCc1cncn1C)c1ccsc1. The minimum Gasteiger partial charge on any atom is -0.338 e. The smallest absolute Gasteiger partial charge is 0.0945 e. The van der Waals surface area contributed by atoms with Gasteiger partial charge in [-0.05, 0) is 29.3 Å². The first-order valence-electron chi connectivity index (χ1n) is 5.48. The van der Waals surface area contributed by atoms with Crippen LogP contribution < -0.4 is 5.32 Å². The zero-order valence-electron chi connectivity index (χ0n) is 9.68. The lowest BCUT2D eigenvalue weighted by atomic mass is 10.2. The van der Waals surface area contributed by atoms with Gasteiger partial charge in [-0.2, -0.15) is 11.3 Å². The van der Waals surface area contributed by atoms with Crippen molar-refractivity contribution < 1.29 is 0 Å². The predicted molar refractivity (Wildman–Crippen MR) is 67.6 cm³/mol. The third-order valence-corrected chi connectivity index (χ3v) is 3.49. The van der Waals surface area contributed by atoms with Gasteiger partial charge in [0.05, 0.1) is 6.33 Å². The van der Waals surface area contributed by atoms with Crippen molar-refractivity contribution in [2.75, 3.05) is 6.54 Å². The van der Waals surface area contributed by atoms with Gasteiger partial charge in [0.15, 0.2) is 0 Å². The molecule has 2 rings (SSSR count). The van der Waals surface area contributed by atoms with Gasteiger partial charge in [0.1, 0.15) is 0 Å². The average molecular weight is 235 g/mol. The molecule has 0 saturated carbocycles. The van der Waals surface area contributed by atoms with Gasteiger partial charge in [0.25, 0.3) is 0 Å². The van der Waals surface area contributed by atoms with Crippen LogP contribution in [0.4, 0.5) is 0 Å². The number of aryl methyl sites for hydroxylation is 1. The molecule has 2 aromatic heterocycles. The maximum absolute atomic E-state index is 4.11. The van der Waals surface area contributed by atoms with Gasteiger partial charge in [-0.3, -0.25) is 0 Å². The van der Waals surface area contributed by atoms with Crippen LogP contribution in [0.15, 0.2) is 29.4 Å². The number of imidazole rings is 1. The summed E-state index contributed by atoms with van der Waals surface area (Å²) in [7, 11) is 2.03. The van der Waals surface area contributed by atoms with E-state index in [9.17, 15) is 0 Å². The molecule has 1 N–H and O–H groups in total. The number of aromatic nitrogens is 2. The molecule has 0 aliphatic heterocycles. The van der Waals surface area contributed by atoms with Gasteiger partial charge in [-0.15, -0.1) is 0 Å². The highest BCUT2D eigenvalue weighted by Crippen LogP contribution is 2.15. The maximum atomic E-state index is 4.11. The quantitative estimate of drug-likeness (QED) is 0.862. The molecule has 86 valence electrons. The van der Waals surface area contributed by atoms with Crippen LogP contribution in [0.25, 0.3) is 0 Å². The Hall–Kier alpha value is -1.13. The molecule has 0 fully saturated rings. The number of nitrogens with one attached hydrogen (secondary N) is 1. The Bertz CT molecular complexity index is 419. The van der Waals surface area contributed by atoms with Gasteiger partial charge in [0, 0.05) is 37.9 Å². The number of thiophene rings is 1. The van der Waals surface area contributed by atoms with E-state index >= 15 is 0 Å². The molecule has 0 aliphatic rings. The topological polar surface area (TPSA) is 29.9 Å². The van der Waals surface area contributed by atoms with Crippen molar-refractivity contribution in [3.05, 3.63) is 40.6 Å². The molecule has 0 bridgehead atoms. The second-order valence-electron chi connectivity index (χ2n) is 3.98. The number of hydrogen-bond donors (Lipinski definition) is 1. The molecule has 3 nitrogen and oxygen atoms in total. The fourth-order valence-electron chi connectivity index (χ4n) is 1.68. The van der Waals surface area contributed by atoms with Crippen LogP contribution in [0.5, 0.6) is 0 Å². The summed E-state index contributed by atoms with van der Waals surface area (Å²) in [6.45, 7) is 3.18. The van der Waals surface area contributed by atoms with Crippen LogP contribution in [0.3, 0.4) is 0 Å². The summed E-state index contributed by atoms with van der Waals surface area (Å²) in [5.41, 5.74) is 2.64. The van der Waals surface area contributed by atoms with Gasteiger partial charge in [-0.1, -0.05) is 0 Å². The van der Waals surface area contributed by atoms with Crippen LogP contribution in [-0.2, 0) is 13.5 Å². The lowest BCUT2D eigenvalue weighted by Gasteiger charge is -2.12.